The van der Waals surface area contributed by atoms with Gasteiger partial charge in [-0.15, -0.1) is 0 Å². The molecule has 0 aliphatic carbocycles. The molecule has 0 spiro atoms. The Morgan fingerprint density at radius 2 is 2.05 bits per heavy atom. The number of carbonyl (C=O) groups excluding carboxylic acids is 2. The molecule has 1 aromatic carbocycles. The van der Waals surface area contributed by atoms with E-state index in [2.05, 4.69) is 5.32 Å². The molecule has 8 heteroatoms. The molecule has 0 fully saturated rings. The number of carboxylic acids is 1. The molecule has 0 saturated heterocycles. The lowest BCUT2D eigenvalue weighted by molar-refractivity contribution is -0.122. The molecule has 0 unspecified atom stereocenters. The van der Waals surface area contributed by atoms with E-state index in [1.54, 1.807) is 6.92 Å². The SMILES string of the molecule is CCNC(=O)NC(=O)COc1cccc(F)c1C(=O)O. The average molecular weight is 284 g/mol. The van der Waals surface area contributed by atoms with Crippen LogP contribution in [0.5, 0.6) is 5.75 Å². The van der Waals surface area contributed by atoms with E-state index in [1.165, 1.54) is 12.1 Å². The van der Waals surface area contributed by atoms with E-state index in [1.807, 2.05) is 5.32 Å². The van der Waals surface area contributed by atoms with Gasteiger partial charge < -0.3 is 15.2 Å². The molecular weight excluding hydrogens is 271 g/mol. The van der Waals surface area contributed by atoms with E-state index >= 15 is 0 Å². The van der Waals surface area contributed by atoms with Crippen molar-refractivity contribution in [3.63, 3.8) is 0 Å². The van der Waals surface area contributed by atoms with Crippen LogP contribution >= 0.6 is 0 Å². The zero-order valence-electron chi connectivity index (χ0n) is 10.6. The first-order valence-electron chi connectivity index (χ1n) is 5.68. The van der Waals surface area contributed by atoms with Gasteiger partial charge in [0.25, 0.3) is 5.91 Å². The van der Waals surface area contributed by atoms with Gasteiger partial charge in [0.1, 0.15) is 17.1 Å². The highest BCUT2D eigenvalue weighted by atomic mass is 19.1. The van der Waals surface area contributed by atoms with Crippen LogP contribution in [0.25, 0.3) is 0 Å². The second-order valence-electron chi connectivity index (χ2n) is 3.61. The molecule has 1 aromatic rings. The van der Waals surface area contributed by atoms with Crippen LogP contribution in [0.15, 0.2) is 18.2 Å². The number of hydrogen-bond acceptors (Lipinski definition) is 4. The summed E-state index contributed by atoms with van der Waals surface area (Å²) in [6.45, 7) is 1.40. The number of urea groups is 1. The molecule has 0 aliphatic rings. The van der Waals surface area contributed by atoms with Crippen LogP contribution in [0.1, 0.15) is 17.3 Å². The minimum absolute atomic E-state index is 0.288. The number of carbonyl (C=O) groups is 3. The van der Waals surface area contributed by atoms with Crippen molar-refractivity contribution < 1.29 is 28.6 Å². The number of carboxylic acid groups (broad SMARTS) is 1. The number of rotatable bonds is 5. The second-order valence-corrected chi connectivity index (χ2v) is 3.61. The van der Waals surface area contributed by atoms with Gasteiger partial charge >= 0.3 is 12.0 Å². The summed E-state index contributed by atoms with van der Waals surface area (Å²) in [5, 5.41) is 13.1. The van der Waals surface area contributed by atoms with Crippen molar-refractivity contribution in [2.75, 3.05) is 13.2 Å². The summed E-state index contributed by atoms with van der Waals surface area (Å²) in [7, 11) is 0. The zero-order chi connectivity index (χ0) is 15.1. The van der Waals surface area contributed by atoms with Gasteiger partial charge in [0.15, 0.2) is 6.61 Å². The van der Waals surface area contributed by atoms with Gasteiger partial charge in [-0.2, -0.15) is 0 Å². The maximum absolute atomic E-state index is 13.3. The molecular formula is C12H13FN2O5. The van der Waals surface area contributed by atoms with E-state index in [-0.39, 0.29) is 5.75 Å². The number of ether oxygens (including phenoxy) is 1. The molecule has 0 radical (unpaired) electrons. The first-order valence-corrected chi connectivity index (χ1v) is 5.68. The molecule has 3 amide bonds. The fourth-order valence-electron chi connectivity index (χ4n) is 1.34. The van der Waals surface area contributed by atoms with Crippen LogP contribution in [-0.2, 0) is 4.79 Å². The summed E-state index contributed by atoms with van der Waals surface area (Å²) in [5.41, 5.74) is -0.668. The van der Waals surface area contributed by atoms with E-state index in [4.69, 9.17) is 9.84 Å². The number of amides is 3. The molecule has 3 N–H and O–H groups in total. The van der Waals surface area contributed by atoms with Crippen LogP contribution in [0, 0.1) is 5.82 Å². The van der Waals surface area contributed by atoms with Gasteiger partial charge in [0, 0.05) is 6.54 Å². The van der Waals surface area contributed by atoms with Gasteiger partial charge in [-0.05, 0) is 19.1 Å². The molecule has 0 atom stereocenters. The summed E-state index contributed by atoms with van der Waals surface area (Å²) in [6.07, 6.45) is 0. The lowest BCUT2D eigenvalue weighted by Crippen LogP contribution is -2.41. The van der Waals surface area contributed by atoms with Gasteiger partial charge in [-0.3, -0.25) is 10.1 Å². The largest absolute Gasteiger partial charge is 0.483 e. The lowest BCUT2D eigenvalue weighted by atomic mass is 10.2. The van der Waals surface area contributed by atoms with Crippen LogP contribution in [-0.4, -0.2) is 36.2 Å². The number of halogens is 1. The van der Waals surface area contributed by atoms with Crippen molar-refractivity contribution in [1.29, 1.82) is 0 Å². The summed E-state index contributed by atoms with van der Waals surface area (Å²) < 4.78 is 18.2. The lowest BCUT2D eigenvalue weighted by Gasteiger charge is -2.09. The number of nitrogens with one attached hydrogen (secondary N) is 2. The van der Waals surface area contributed by atoms with Crippen LogP contribution in [0.2, 0.25) is 0 Å². The fourth-order valence-corrected chi connectivity index (χ4v) is 1.34. The average Bonchev–Trinajstić information content (AvgIpc) is 2.36. The quantitative estimate of drug-likeness (QED) is 0.740. The Bertz CT molecular complexity index is 533. The van der Waals surface area contributed by atoms with E-state index < -0.39 is 35.9 Å². The topological polar surface area (TPSA) is 105 Å². The van der Waals surface area contributed by atoms with Gasteiger partial charge in [0.2, 0.25) is 0 Å². The minimum atomic E-state index is -1.51. The molecule has 0 aliphatic heterocycles. The molecule has 7 nitrogen and oxygen atoms in total. The van der Waals surface area contributed by atoms with Crippen LogP contribution < -0.4 is 15.4 Å². The first-order chi connectivity index (χ1) is 9.45. The second kappa shape index (κ2) is 7.07. The Kier molecular flexibility index (Phi) is 5.45. The number of aromatic carboxylic acids is 1. The summed E-state index contributed by atoms with van der Waals surface area (Å²) >= 11 is 0. The van der Waals surface area contributed by atoms with Crippen molar-refractivity contribution in [2.24, 2.45) is 0 Å². The van der Waals surface area contributed by atoms with E-state index in [9.17, 15) is 18.8 Å². The maximum atomic E-state index is 13.3. The third kappa shape index (κ3) is 4.23. The van der Waals surface area contributed by atoms with E-state index in [0.29, 0.717) is 6.54 Å². The summed E-state index contributed by atoms with van der Waals surface area (Å²) in [5.74, 6) is -3.55. The first kappa shape index (κ1) is 15.4. The fraction of sp³-hybridized carbons (Fsp3) is 0.250. The minimum Gasteiger partial charge on any atom is -0.483 e. The molecule has 0 bridgehead atoms. The van der Waals surface area contributed by atoms with Crippen molar-refractivity contribution in [2.45, 2.75) is 6.92 Å². The molecule has 1 rings (SSSR count). The number of hydrogen-bond donors (Lipinski definition) is 3. The van der Waals surface area contributed by atoms with Gasteiger partial charge in [-0.1, -0.05) is 6.07 Å². The zero-order valence-corrected chi connectivity index (χ0v) is 10.6. The molecule has 20 heavy (non-hydrogen) atoms. The predicted octanol–water partition coefficient (Wildman–Crippen LogP) is 0.748. The summed E-state index contributed by atoms with van der Waals surface area (Å²) in [4.78, 5) is 33.2. The third-order valence-electron chi connectivity index (χ3n) is 2.14. The normalized spacial score (nSPS) is 9.70. The number of benzene rings is 1. The van der Waals surface area contributed by atoms with Gasteiger partial charge in [-0.25, -0.2) is 14.0 Å². The Morgan fingerprint density at radius 1 is 1.35 bits per heavy atom. The molecule has 0 saturated carbocycles. The van der Waals surface area contributed by atoms with E-state index in [0.717, 1.165) is 6.07 Å². The third-order valence-corrected chi connectivity index (χ3v) is 2.14. The van der Waals surface area contributed by atoms with Crippen molar-refractivity contribution in [3.05, 3.63) is 29.6 Å². The molecule has 0 heterocycles. The highest BCUT2D eigenvalue weighted by Crippen LogP contribution is 2.21. The Hall–Kier alpha value is -2.64. The smallest absolute Gasteiger partial charge is 0.342 e. The molecule has 0 aromatic heterocycles. The highest BCUT2D eigenvalue weighted by Gasteiger charge is 2.18. The van der Waals surface area contributed by atoms with Crippen molar-refractivity contribution in [3.8, 4) is 5.75 Å². The van der Waals surface area contributed by atoms with Crippen molar-refractivity contribution >= 4 is 17.9 Å². The Labute approximate surface area is 113 Å². The standard InChI is InChI=1S/C12H13FN2O5/c1-2-14-12(19)15-9(16)6-20-8-5-3-4-7(13)10(8)11(17)18/h3-5H,2,6H2,1H3,(H,17,18)(H2,14,15,16,19). The predicted molar refractivity (Wildman–Crippen MR) is 66.1 cm³/mol. The molecule has 108 valence electrons. The monoisotopic (exact) mass is 284 g/mol. The highest BCUT2D eigenvalue weighted by molar-refractivity contribution is 5.95. The van der Waals surface area contributed by atoms with Crippen LogP contribution in [0.4, 0.5) is 9.18 Å². The van der Waals surface area contributed by atoms with Crippen LogP contribution in [0.3, 0.4) is 0 Å². The Morgan fingerprint density at radius 3 is 2.65 bits per heavy atom. The summed E-state index contributed by atoms with van der Waals surface area (Å²) in [6, 6.07) is 2.73. The maximum Gasteiger partial charge on any atom is 0.342 e. The Balaban J connectivity index is 2.66. The van der Waals surface area contributed by atoms with Crippen molar-refractivity contribution in [1.82, 2.24) is 10.6 Å². The number of imide groups is 1. The van der Waals surface area contributed by atoms with Gasteiger partial charge in [0.05, 0.1) is 0 Å².